The lowest BCUT2D eigenvalue weighted by Crippen LogP contribution is -2.29. The Hall–Kier alpha value is -1.84. The molecule has 0 aromatic heterocycles. The molecule has 0 atom stereocenters. The van der Waals surface area contributed by atoms with Crippen molar-refractivity contribution in [3.63, 3.8) is 0 Å². The van der Waals surface area contributed by atoms with Crippen LogP contribution in [0.3, 0.4) is 0 Å². The number of hydrogen-bond donors (Lipinski definition) is 0. The van der Waals surface area contributed by atoms with Crippen molar-refractivity contribution in [3.05, 3.63) is 28.8 Å². The molecule has 0 spiro atoms. The van der Waals surface area contributed by atoms with Crippen LogP contribution in [0.15, 0.2) is 12.1 Å². The maximum absolute atomic E-state index is 11.0. The summed E-state index contributed by atoms with van der Waals surface area (Å²) in [5, 5.41) is 0. The summed E-state index contributed by atoms with van der Waals surface area (Å²) in [5.74, 6) is 0.605. The lowest BCUT2D eigenvalue weighted by molar-refractivity contribution is -0.118. The second-order valence-corrected chi connectivity index (χ2v) is 3.76. The second-order valence-electron chi connectivity index (χ2n) is 3.76. The second kappa shape index (κ2) is 4.35. The molecule has 0 saturated carbocycles. The van der Waals surface area contributed by atoms with Crippen LogP contribution in [0.2, 0.25) is 0 Å². The van der Waals surface area contributed by atoms with E-state index in [0.717, 1.165) is 23.8 Å². The van der Waals surface area contributed by atoms with Gasteiger partial charge in [0.1, 0.15) is 5.75 Å². The number of amides is 1. The van der Waals surface area contributed by atoms with Crippen molar-refractivity contribution in [3.8, 4) is 5.75 Å². The van der Waals surface area contributed by atoms with Gasteiger partial charge in [-0.25, -0.2) is 0 Å². The van der Waals surface area contributed by atoms with E-state index in [1.54, 1.807) is 18.1 Å². The summed E-state index contributed by atoms with van der Waals surface area (Å²) in [5.41, 5.74) is 2.65. The maximum atomic E-state index is 11.0. The van der Waals surface area contributed by atoms with E-state index in [9.17, 15) is 9.59 Å². The molecule has 0 fully saturated rings. The molecule has 1 aromatic carbocycles. The minimum Gasteiger partial charge on any atom is -0.496 e. The lowest BCUT2D eigenvalue weighted by atomic mass is 9.94. The van der Waals surface area contributed by atoms with Gasteiger partial charge in [-0.1, -0.05) is 6.07 Å². The molecule has 84 valence electrons. The van der Waals surface area contributed by atoms with Gasteiger partial charge in [0.15, 0.2) is 6.29 Å². The normalized spacial score (nSPS) is 14.2. The first-order valence-electron chi connectivity index (χ1n) is 5.13. The standard InChI is InChI=1S/C12H13NO3/c1-16-12-3-2-9-6-13(8-15)5-4-10(9)11(12)7-14/h2-3,7-8H,4-6H2,1H3. The molecule has 2 rings (SSSR count). The van der Waals surface area contributed by atoms with Crippen LogP contribution >= 0.6 is 0 Å². The van der Waals surface area contributed by atoms with Crippen molar-refractivity contribution in [1.29, 1.82) is 0 Å². The van der Waals surface area contributed by atoms with Gasteiger partial charge in [0, 0.05) is 13.1 Å². The van der Waals surface area contributed by atoms with Crippen molar-refractivity contribution in [2.45, 2.75) is 13.0 Å². The first-order valence-corrected chi connectivity index (χ1v) is 5.13. The molecule has 0 saturated heterocycles. The van der Waals surface area contributed by atoms with Crippen molar-refractivity contribution < 1.29 is 14.3 Å². The van der Waals surface area contributed by atoms with Crippen molar-refractivity contribution in [1.82, 2.24) is 4.90 Å². The average Bonchev–Trinajstić information content (AvgIpc) is 2.36. The van der Waals surface area contributed by atoms with Crippen molar-refractivity contribution >= 4 is 12.7 Å². The summed E-state index contributed by atoms with van der Waals surface area (Å²) in [6.45, 7) is 1.23. The third-order valence-electron chi connectivity index (χ3n) is 2.92. The van der Waals surface area contributed by atoms with Gasteiger partial charge in [0.05, 0.1) is 12.7 Å². The van der Waals surface area contributed by atoms with E-state index in [-0.39, 0.29) is 0 Å². The van der Waals surface area contributed by atoms with Crippen LogP contribution in [0, 0.1) is 0 Å². The third-order valence-corrected chi connectivity index (χ3v) is 2.92. The summed E-state index contributed by atoms with van der Waals surface area (Å²) in [6, 6.07) is 3.69. The Bertz CT molecular complexity index is 429. The third kappa shape index (κ3) is 1.66. The molecule has 0 aliphatic carbocycles. The summed E-state index contributed by atoms with van der Waals surface area (Å²) in [6.07, 6.45) is 2.38. The molecule has 0 bridgehead atoms. The molecule has 1 heterocycles. The van der Waals surface area contributed by atoms with Crippen LogP contribution in [0.25, 0.3) is 0 Å². The molecule has 4 heteroatoms. The highest BCUT2D eigenvalue weighted by atomic mass is 16.5. The average molecular weight is 219 g/mol. The van der Waals surface area contributed by atoms with Gasteiger partial charge in [-0.3, -0.25) is 9.59 Å². The minimum absolute atomic E-state index is 0.573. The van der Waals surface area contributed by atoms with Crippen LogP contribution in [0.1, 0.15) is 21.5 Å². The Morgan fingerprint density at radius 1 is 1.38 bits per heavy atom. The van der Waals surface area contributed by atoms with Gasteiger partial charge in [-0.05, 0) is 23.6 Å². The molecule has 16 heavy (non-hydrogen) atoms. The van der Waals surface area contributed by atoms with E-state index < -0.39 is 0 Å². The summed E-state index contributed by atoms with van der Waals surface area (Å²) < 4.78 is 5.14. The SMILES string of the molecule is COc1ccc2c(c1C=O)CCN(C=O)C2. The fourth-order valence-corrected chi connectivity index (χ4v) is 2.08. The molecule has 1 aliphatic rings. The first-order chi connectivity index (χ1) is 7.80. The zero-order valence-corrected chi connectivity index (χ0v) is 9.10. The van der Waals surface area contributed by atoms with Gasteiger partial charge in [0.2, 0.25) is 6.41 Å². The largest absolute Gasteiger partial charge is 0.496 e. The lowest BCUT2D eigenvalue weighted by Gasteiger charge is -2.26. The van der Waals surface area contributed by atoms with E-state index in [0.29, 0.717) is 30.8 Å². The number of aldehydes is 1. The summed E-state index contributed by atoms with van der Waals surface area (Å²) in [7, 11) is 1.55. The van der Waals surface area contributed by atoms with Gasteiger partial charge in [0.25, 0.3) is 0 Å². The van der Waals surface area contributed by atoms with Gasteiger partial charge in [-0.15, -0.1) is 0 Å². The molecule has 0 unspecified atom stereocenters. The predicted octanol–water partition coefficient (Wildman–Crippen LogP) is 1.02. The molecule has 0 radical (unpaired) electrons. The fraction of sp³-hybridized carbons (Fsp3) is 0.333. The molecular formula is C12H13NO3. The van der Waals surface area contributed by atoms with E-state index in [4.69, 9.17) is 4.74 Å². The number of hydrogen-bond acceptors (Lipinski definition) is 3. The fourth-order valence-electron chi connectivity index (χ4n) is 2.08. The molecular weight excluding hydrogens is 206 g/mol. The van der Waals surface area contributed by atoms with E-state index in [1.807, 2.05) is 6.07 Å². The number of benzene rings is 1. The van der Waals surface area contributed by atoms with Gasteiger partial charge < -0.3 is 9.64 Å². The molecule has 0 N–H and O–H groups in total. The van der Waals surface area contributed by atoms with Gasteiger partial charge in [-0.2, -0.15) is 0 Å². The summed E-state index contributed by atoms with van der Waals surface area (Å²) in [4.78, 5) is 23.4. The minimum atomic E-state index is 0.573. The molecule has 1 aromatic rings. The molecule has 4 nitrogen and oxygen atoms in total. The number of carbonyl (C=O) groups excluding carboxylic acids is 2. The topological polar surface area (TPSA) is 46.6 Å². The Labute approximate surface area is 93.8 Å². The van der Waals surface area contributed by atoms with Gasteiger partial charge >= 0.3 is 0 Å². The van der Waals surface area contributed by atoms with Crippen LogP contribution < -0.4 is 4.74 Å². The van der Waals surface area contributed by atoms with Crippen LogP contribution in [0.4, 0.5) is 0 Å². The Morgan fingerprint density at radius 2 is 2.19 bits per heavy atom. The maximum Gasteiger partial charge on any atom is 0.210 e. The van der Waals surface area contributed by atoms with E-state index in [1.165, 1.54) is 0 Å². The molecule has 1 amide bonds. The van der Waals surface area contributed by atoms with Crippen LogP contribution in [-0.4, -0.2) is 31.3 Å². The Morgan fingerprint density at radius 3 is 2.81 bits per heavy atom. The number of fused-ring (bicyclic) bond motifs is 1. The quantitative estimate of drug-likeness (QED) is 0.713. The Balaban J connectivity index is 2.46. The van der Waals surface area contributed by atoms with Crippen LogP contribution in [-0.2, 0) is 17.8 Å². The summed E-state index contributed by atoms with van der Waals surface area (Å²) >= 11 is 0. The number of ether oxygens (including phenoxy) is 1. The highest BCUT2D eigenvalue weighted by molar-refractivity contribution is 5.82. The van der Waals surface area contributed by atoms with Crippen LogP contribution in [0.5, 0.6) is 5.75 Å². The smallest absolute Gasteiger partial charge is 0.210 e. The zero-order chi connectivity index (χ0) is 11.5. The number of methoxy groups -OCH3 is 1. The van der Waals surface area contributed by atoms with E-state index >= 15 is 0 Å². The Kier molecular flexibility index (Phi) is 2.90. The number of carbonyl (C=O) groups is 2. The molecule has 1 aliphatic heterocycles. The monoisotopic (exact) mass is 219 g/mol. The first kappa shape index (κ1) is 10.7. The highest BCUT2D eigenvalue weighted by Crippen LogP contribution is 2.27. The zero-order valence-electron chi connectivity index (χ0n) is 9.10. The highest BCUT2D eigenvalue weighted by Gasteiger charge is 2.19. The number of rotatable bonds is 3. The van der Waals surface area contributed by atoms with Crippen molar-refractivity contribution in [2.24, 2.45) is 0 Å². The van der Waals surface area contributed by atoms with E-state index in [2.05, 4.69) is 0 Å². The predicted molar refractivity (Wildman–Crippen MR) is 58.6 cm³/mol. The number of nitrogens with zero attached hydrogens (tertiary/aromatic N) is 1. The van der Waals surface area contributed by atoms with Crippen molar-refractivity contribution in [2.75, 3.05) is 13.7 Å².